The van der Waals surface area contributed by atoms with Gasteiger partial charge in [0.2, 0.25) is 0 Å². The third-order valence-electron chi connectivity index (χ3n) is 3.46. The first-order valence-corrected chi connectivity index (χ1v) is 10.3. The number of methoxy groups -OCH3 is 1. The topological polar surface area (TPSA) is 61.8 Å². The molecule has 1 atom stereocenters. The first kappa shape index (κ1) is 21.8. The lowest BCUT2D eigenvalue weighted by molar-refractivity contribution is -0.0315. The SMILES string of the molecule is CCCC[C@H](CCCCCCCCOCOC)OS(C)(=O)=O. The molecule has 0 aromatic heterocycles. The van der Waals surface area contributed by atoms with Gasteiger partial charge in [-0.1, -0.05) is 51.9 Å². The summed E-state index contributed by atoms with van der Waals surface area (Å²) in [7, 11) is -1.71. The molecule has 0 fully saturated rings. The first-order chi connectivity index (χ1) is 10.5. The molecule has 5 nitrogen and oxygen atoms in total. The summed E-state index contributed by atoms with van der Waals surface area (Å²) < 4.78 is 37.7. The standard InChI is InChI=1S/C16H34O5S/c1-4-5-12-16(21-22(3,17)18)13-10-8-6-7-9-11-14-20-15-19-2/h16H,4-15H2,1-3H3/t16-/m1/s1. The van der Waals surface area contributed by atoms with Crippen LogP contribution in [0.15, 0.2) is 0 Å². The third kappa shape index (κ3) is 16.2. The Morgan fingerprint density at radius 3 is 2.09 bits per heavy atom. The quantitative estimate of drug-likeness (QED) is 0.243. The molecule has 0 rings (SSSR count). The molecule has 0 unspecified atom stereocenters. The molecule has 0 saturated heterocycles. The maximum Gasteiger partial charge on any atom is 0.264 e. The molecule has 22 heavy (non-hydrogen) atoms. The normalized spacial score (nSPS) is 13.4. The first-order valence-electron chi connectivity index (χ1n) is 8.44. The Balaban J connectivity index is 3.58. The number of ether oxygens (including phenoxy) is 2. The maximum atomic E-state index is 11.2. The average molecular weight is 339 g/mol. The van der Waals surface area contributed by atoms with E-state index < -0.39 is 10.1 Å². The van der Waals surface area contributed by atoms with Gasteiger partial charge in [-0.15, -0.1) is 0 Å². The van der Waals surface area contributed by atoms with Crippen molar-refractivity contribution in [1.29, 1.82) is 0 Å². The van der Waals surface area contributed by atoms with E-state index in [-0.39, 0.29) is 6.10 Å². The van der Waals surface area contributed by atoms with E-state index in [9.17, 15) is 8.42 Å². The zero-order valence-corrected chi connectivity index (χ0v) is 15.3. The Morgan fingerprint density at radius 1 is 0.909 bits per heavy atom. The van der Waals surface area contributed by atoms with Crippen molar-refractivity contribution in [3.05, 3.63) is 0 Å². The van der Waals surface area contributed by atoms with Gasteiger partial charge in [0.15, 0.2) is 0 Å². The summed E-state index contributed by atoms with van der Waals surface area (Å²) in [6.07, 6.45) is 11.5. The highest BCUT2D eigenvalue weighted by Gasteiger charge is 2.14. The van der Waals surface area contributed by atoms with E-state index in [1.165, 1.54) is 19.3 Å². The highest BCUT2D eigenvalue weighted by Crippen LogP contribution is 2.16. The summed E-state index contributed by atoms with van der Waals surface area (Å²) >= 11 is 0. The zero-order valence-electron chi connectivity index (χ0n) is 14.5. The highest BCUT2D eigenvalue weighted by molar-refractivity contribution is 7.86. The molecule has 0 aromatic carbocycles. The molecule has 0 aliphatic carbocycles. The summed E-state index contributed by atoms with van der Waals surface area (Å²) in [6.45, 7) is 3.24. The van der Waals surface area contributed by atoms with Crippen LogP contribution in [-0.2, 0) is 23.8 Å². The van der Waals surface area contributed by atoms with Gasteiger partial charge in [0, 0.05) is 13.7 Å². The maximum absolute atomic E-state index is 11.2. The van der Waals surface area contributed by atoms with Crippen molar-refractivity contribution in [2.24, 2.45) is 0 Å². The van der Waals surface area contributed by atoms with Gasteiger partial charge in [-0.2, -0.15) is 8.42 Å². The van der Waals surface area contributed by atoms with Crippen LogP contribution in [0.25, 0.3) is 0 Å². The number of hydrogen-bond acceptors (Lipinski definition) is 5. The van der Waals surface area contributed by atoms with Crippen molar-refractivity contribution in [3.8, 4) is 0 Å². The third-order valence-corrected chi connectivity index (χ3v) is 4.08. The molecular weight excluding hydrogens is 304 g/mol. The molecular formula is C16H34O5S. The van der Waals surface area contributed by atoms with Gasteiger partial charge < -0.3 is 9.47 Å². The lowest BCUT2D eigenvalue weighted by Gasteiger charge is -2.15. The molecule has 0 amide bonds. The van der Waals surface area contributed by atoms with Crippen molar-refractivity contribution < 1.29 is 22.1 Å². The predicted octanol–water partition coefficient (Wildman–Crippen LogP) is 3.87. The second kappa shape index (κ2) is 14.4. The van der Waals surface area contributed by atoms with E-state index in [4.69, 9.17) is 13.7 Å². The minimum atomic E-state index is -3.34. The Hall–Kier alpha value is -0.170. The summed E-state index contributed by atoms with van der Waals surface area (Å²) in [5.41, 5.74) is 0. The predicted molar refractivity (Wildman–Crippen MR) is 89.4 cm³/mol. The monoisotopic (exact) mass is 338 g/mol. The van der Waals surface area contributed by atoms with E-state index in [0.717, 1.165) is 57.8 Å². The fourth-order valence-electron chi connectivity index (χ4n) is 2.35. The summed E-state index contributed by atoms with van der Waals surface area (Å²) in [4.78, 5) is 0. The zero-order chi connectivity index (χ0) is 16.7. The molecule has 134 valence electrons. The molecule has 0 bridgehead atoms. The molecule has 0 radical (unpaired) electrons. The van der Waals surface area contributed by atoms with Crippen molar-refractivity contribution in [2.45, 2.75) is 77.2 Å². The van der Waals surface area contributed by atoms with Gasteiger partial charge in [-0.05, 0) is 19.3 Å². The van der Waals surface area contributed by atoms with Crippen LogP contribution in [0.1, 0.15) is 71.1 Å². The largest absolute Gasteiger partial charge is 0.359 e. The summed E-state index contributed by atoms with van der Waals surface area (Å²) in [5, 5.41) is 0. The van der Waals surface area contributed by atoms with Crippen LogP contribution in [0.5, 0.6) is 0 Å². The van der Waals surface area contributed by atoms with Gasteiger partial charge in [0.05, 0.1) is 12.4 Å². The minimum Gasteiger partial charge on any atom is -0.359 e. The molecule has 0 heterocycles. The summed E-state index contributed by atoms with van der Waals surface area (Å²) in [6, 6.07) is 0. The number of rotatable bonds is 16. The van der Waals surface area contributed by atoms with Crippen LogP contribution in [0.4, 0.5) is 0 Å². The average Bonchev–Trinajstić information content (AvgIpc) is 2.45. The van der Waals surface area contributed by atoms with Gasteiger partial charge in [-0.3, -0.25) is 4.18 Å². The fourth-order valence-corrected chi connectivity index (χ4v) is 3.03. The Labute approximate surface area is 136 Å². The summed E-state index contributed by atoms with van der Waals surface area (Å²) in [5.74, 6) is 0. The van der Waals surface area contributed by atoms with E-state index >= 15 is 0 Å². The second-order valence-electron chi connectivity index (χ2n) is 5.79. The second-order valence-corrected chi connectivity index (χ2v) is 7.39. The van der Waals surface area contributed by atoms with Crippen molar-refractivity contribution in [1.82, 2.24) is 0 Å². The molecule has 0 aliphatic rings. The minimum absolute atomic E-state index is 0.141. The molecule has 0 aliphatic heterocycles. The molecule has 0 spiro atoms. The Kier molecular flexibility index (Phi) is 14.3. The van der Waals surface area contributed by atoms with Crippen LogP contribution >= 0.6 is 0 Å². The van der Waals surface area contributed by atoms with E-state index in [1.54, 1.807) is 7.11 Å². The van der Waals surface area contributed by atoms with Crippen LogP contribution < -0.4 is 0 Å². The smallest absolute Gasteiger partial charge is 0.264 e. The lowest BCUT2D eigenvalue weighted by atomic mass is 10.0. The van der Waals surface area contributed by atoms with Gasteiger partial charge in [-0.25, -0.2) is 0 Å². The van der Waals surface area contributed by atoms with Gasteiger partial charge in [0.1, 0.15) is 6.79 Å². The van der Waals surface area contributed by atoms with Crippen LogP contribution in [0.3, 0.4) is 0 Å². The van der Waals surface area contributed by atoms with E-state index in [1.807, 2.05) is 0 Å². The van der Waals surface area contributed by atoms with Gasteiger partial charge in [0.25, 0.3) is 10.1 Å². The lowest BCUT2D eigenvalue weighted by Crippen LogP contribution is -2.17. The van der Waals surface area contributed by atoms with Crippen molar-refractivity contribution >= 4 is 10.1 Å². The molecule has 0 saturated carbocycles. The van der Waals surface area contributed by atoms with Crippen LogP contribution in [0, 0.1) is 0 Å². The fraction of sp³-hybridized carbons (Fsp3) is 1.00. The Morgan fingerprint density at radius 2 is 1.50 bits per heavy atom. The van der Waals surface area contributed by atoms with E-state index in [2.05, 4.69) is 6.92 Å². The molecule has 0 N–H and O–H groups in total. The molecule has 0 aromatic rings. The highest BCUT2D eigenvalue weighted by atomic mass is 32.2. The van der Waals surface area contributed by atoms with Crippen molar-refractivity contribution in [3.63, 3.8) is 0 Å². The number of unbranched alkanes of at least 4 members (excludes halogenated alkanes) is 6. The van der Waals surface area contributed by atoms with Crippen LogP contribution in [-0.4, -0.2) is 41.3 Å². The van der Waals surface area contributed by atoms with E-state index in [0.29, 0.717) is 6.79 Å². The van der Waals surface area contributed by atoms with Crippen LogP contribution in [0.2, 0.25) is 0 Å². The number of hydrogen-bond donors (Lipinski definition) is 0. The molecule has 6 heteroatoms. The van der Waals surface area contributed by atoms with Gasteiger partial charge >= 0.3 is 0 Å². The van der Waals surface area contributed by atoms with Crippen molar-refractivity contribution in [2.75, 3.05) is 26.8 Å². The Bertz CT molecular complexity index is 329.